The second-order valence-electron chi connectivity index (χ2n) is 5.48. The summed E-state index contributed by atoms with van der Waals surface area (Å²) in [7, 11) is -1.31. The van der Waals surface area contributed by atoms with Crippen molar-refractivity contribution in [3.8, 4) is 5.75 Å². The van der Waals surface area contributed by atoms with Crippen molar-refractivity contribution in [2.75, 3.05) is 0 Å². The number of phenolic OH excluding ortho intramolecular Hbond substituents is 1. The molecule has 0 unspecified atom stereocenters. The Labute approximate surface area is 113 Å². The molecule has 1 rings (SSSR count). The highest BCUT2D eigenvalue weighted by Gasteiger charge is 2.39. The average molecular weight is 266 g/mol. The van der Waals surface area contributed by atoms with Crippen LogP contribution in [-0.2, 0) is 4.65 Å². The molecule has 0 spiro atoms. The fraction of sp³-hybridized carbons (Fsp3) is 0.462. The normalized spacial score (nSPS) is 12.3. The predicted octanol–water partition coefficient (Wildman–Crippen LogP) is 0.458. The van der Waals surface area contributed by atoms with E-state index in [1.54, 1.807) is 27.7 Å². The molecule has 5 nitrogen and oxygen atoms in total. The van der Waals surface area contributed by atoms with Crippen LogP contribution in [0.5, 0.6) is 5.75 Å². The molecule has 3 N–H and O–H groups in total. The molecule has 0 amide bonds. The molecule has 0 radical (unpaired) electrons. The molecule has 0 aliphatic carbocycles. The van der Waals surface area contributed by atoms with E-state index < -0.39 is 18.3 Å². The van der Waals surface area contributed by atoms with Crippen molar-refractivity contribution >= 4 is 18.9 Å². The zero-order chi connectivity index (χ0) is 14.8. The molecule has 19 heavy (non-hydrogen) atoms. The smallest absolute Gasteiger partial charge is 0.491 e. The number of aliphatic hydroxyl groups is 1. The third-order valence-electron chi connectivity index (χ3n) is 3.35. The standard InChI is InChI=1S/C13H19BO5/c1-12(2,17)13(3,4)19-14(18)10-6-5-9(8-15)11(16)7-10/h5-8,16-18H,1-4H3. The van der Waals surface area contributed by atoms with Gasteiger partial charge in [-0.3, -0.25) is 4.79 Å². The Morgan fingerprint density at radius 2 is 1.84 bits per heavy atom. The number of carbonyl (C=O) groups excluding carboxylic acids is 1. The van der Waals surface area contributed by atoms with Gasteiger partial charge < -0.3 is 19.9 Å². The molecule has 0 saturated carbocycles. The number of hydrogen-bond donors (Lipinski definition) is 3. The van der Waals surface area contributed by atoms with Gasteiger partial charge in [0.05, 0.1) is 16.8 Å². The maximum absolute atomic E-state index is 10.6. The molecule has 0 aliphatic heterocycles. The largest absolute Gasteiger partial charge is 0.507 e. The number of rotatable bonds is 5. The van der Waals surface area contributed by atoms with Crippen LogP contribution in [0.15, 0.2) is 18.2 Å². The Hall–Kier alpha value is -1.37. The Balaban J connectivity index is 2.93. The third kappa shape index (κ3) is 3.56. The van der Waals surface area contributed by atoms with Gasteiger partial charge >= 0.3 is 7.12 Å². The lowest BCUT2D eigenvalue weighted by Gasteiger charge is -2.38. The van der Waals surface area contributed by atoms with Crippen LogP contribution in [0.1, 0.15) is 38.1 Å². The molecular weight excluding hydrogens is 247 g/mol. The van der Waals surface area contributed by atoms with Crippen LogP contribution >= 0.6 is 0 Å². The van der Waals surface area contributed by atoms with Crippen molar-refractivity contribution in [3.63, 3.8) is 0 Å². The predicted molar refractivity (Wildman–Crippen MR) is 72.6 cm³/mol. The minimum Gasteiger partial charge on any atom is -0.507 e. The third-order valence-corrected chi connectivity index (χ3v) is 3.35. The number of benzene rings is 1. The van der Waals surface area contributed by atoms with Gasteiger partial charge in [-0.25, -0.2) is 0 Å². The monoisotopic (exact) mass is 266 g/mol. The lowest BCUT2D eigenvalue weighted by atomic mass is 9.76. The van der Waals surface area contributed by atoms with Gasteiger partial charge in [-0.15, -0.1) is 0 Å². The van der Waals surface area contributed by atoms with E-state index in [9.17, 15) is 20.0 Å². The van der Waals surface area contributed by atoms with Gasteiger partial charge in [0.15, 0.2) is 6.29 Å². The molecule has 0 bridgehead atoms. The van der Waals surface area contributed by atoms with Crippen LogP contribution in [0.2, 0.25) is 0 Å². The van der Waals surface area contributed by atoms with Crippen molar-refractivity contribution in [2.45, 2.75) is 38.9 Å². The summed E-state index contributed by atoms with van der Waals surface area (Å²) in [5.41, 5.74) is -1.71. The van der Waals surface area contributed by atoms with E-state index in [0.29, 0.717) is 11.7 Å². The summed E-state index contributed by atoms with van der Waals surface area (Å²) < 4.78 is 5.42. The molecule has 104 valence electrons. The van der Waals surface area contributed by atoms with Crippen molar-refractivity contribution in [3.05, 3.63) is 23.8 Å². The van der Waals surface area contributed by atoms with Crippen molar-refractivity contribution < 1.29 is 24.7 Å². The molecule has 1 aromatic carbocycles. The molecule has 1 aromatic rings. The fourth-order valence-electron chi connectivity index (χ4n) is 1.31. The minimum absolute atomic E-state index is 0.137. The van der Waals surface area contributed by atoms with E-state index in [-0.39, 0.29) is 11.3 Å². The van der Waals surface area contributed by atoms with Gasteiger partial charge in [0.2, 0.25) is 0 Å². The summed E-state index contributed by atoms with van der Waals surface area (Å²) in [6.45, 7) is 6.45. The van der Waals surface area contributed by atoms with Gasteiger partial charge in [-0.1, -0.05) is 6.07 Å². The van der Waals surface area contributed by atoms with E-state index in [1.807, 2.05) is 0 Å². The highest BCUT2D eigenvalue weighted by Crippen LogP contribution is 2.25. The second-order valence-corrected chi connectivity index (χ2v) is 5.48. The minimum atomic E-state index is -1.31. The number of phenols is 1. The number of aldehydes is 1. The number of hydrogen-bond acceptors (Lipinski definition) is 5. The van der Waals surface area contributed by atoms with Gasteiger partial charge in [0, 0.05) is 0 Å². The molecule has 6 heteroatoms. The van der Waals surface area contributed by atoms with E-state index in [0.717, 1.165) is 0 Å². The summed E-state index contributed by atoms with van der Waals surface area (Å²) in [6, 6.07) is 4.13. The van der Waals surface area contributed by atoms with Crippen molar-refractivity contribution in [2.24, 2.45) is 0 Å². The van der Waals surface area contributed by atoms with Crippen molar-refractivity contribution in [1.29, 1.82) is 0 Å². The molecule has 0 aromatic heterocycles. The summed E-state index contributed by atoms with van der Waals surface area (Å²) in [4.78, 5) is 10.6. The van der Waals surface area contributed by atoms with Crippen LogP contribution in [0, 0.1) is 0 Å². The first-order chi connectivity index (χ1) is 8.58. The van der Waals surface area contributed by atoms with Gasteiger partial charge in [-0.2, -0.15) is 0 Å². The second kappa shape index (κ2) is 5.32. The Morgan fingerprint density at radius 3 is 2.26 bits per heavy atom. The summed E-state index contributed by atoms with van der Waals surface area (Å²) in [6.07, 6.45) is 0.521. The first kappa shape index (κ1) is 15.7. The van der Waals surface area contributed by atoms with Crippen LogP contribution < -0.4 is 5.46 Å². The van der Waals surface area contributed by atoms with Crippen molar-refractivity contribution in [1.82, 2.24) is 0 Å². The average Bonchev–Trinajstić information content (AvgIpc) is 2.26. The van der Waals surface area contributed by atoms with Crippen LogP contribution in [0.3, 0.4) is 0 Å². The van der Waals surface area contributed by atoms with Gasteiger partial charge in [-0.05, 0) is 45.3 Å². The molecule has 0 aliphatic rings. The zero-order valence-electron chi connectivity index (χ0n) is 11.5. The van der Waals surface area contributed by atoms with E-state index >= 15 is 0 Å². The number of carbonyl (C=O) groups is 1. The highest BCUT2D eigenvalue weighted by atomic mass is 16.5. The Morgan fingerprint density at radius 1 is 1.26 bits per heavy atom. The molecule has 0 atom stereocenters. The first-order valence-corrected chi connectivity index (χ1v) is 5.95. The van der Waals surface area contributed by atoms with E-state index in [1.165, 1.54) is 18.2 Å². The molecule has 0 heterocycles. The van der Waals surface area contributed by atoms with E-state index in [4.69, 9.17) is 4.65 Å². The lowest BCUT2D eigenvalue weighted by molar-refractivity contribution is -0.0982. The highest BCUT2D eigenvalue weighted by molar-refractivity contribution is 6.60. The Bertz CT molecular complexity index is 465. The fourth-order valence-corrected chi connectivity index (χ4v) is 1.31. The van der Waals surface area contributed by atoms with Crippen LogP contribution in [-0.4, -0.2) is 39.8 Å². The lowest BCUT2D eigenvalue weighted by Crippen LogP contribution is -2.53. The first-order valence-electron chi connectivity index (χ1n) is 5.95. The quantitative estimate of drug-likeness (QED) is 0.532. The maximum Gasteiger partial charge on any atom is 0.491 e. The molecule has 0 saturated heterocycles. The molecule has 0 fully saturated rings. The van der Waals surface area contributed by atoms with E-state index in [2.05, 4.69) is 0 Å². The van der Waals surface area contributed by atoms with Crippen LogP contribution in [0.25, 0.3) is 0 Å². The number of aromatic hydroxyl groups is 1. The summed E-state index contributed by atoms with van der Waals surface area (Å²) in [5.74, 6) is -0.226. The topological polar surface area (TPSA) is 87.0 Å². The Kier molecular flexibility index (Phi) is 4.40. The van der Waals surface area contributed by atoms with Crippen LogP contribution in [0.4, 0.5) is 0 Å². The van der Waals surface area contributed by atoms with Gasteiger partial charge in [0.1, 0.15) is 5.75 Å². The zero-order valence-corrected chi connectivity index (χ0v) is 11.5. The molecular formula is C13H19BO5. The van der Waals surface area contributed by atoms with Gasteiger partial charge in [0.25, 0.3) is 0 Å². The maximum atomic E-state index is 10.6. The summed E-state index contributed by atoms with van der Waals surface area (Å²) in [5, 5.41) is 29.5. The SMILES string of the molecule is CC(C)(O)C(C)(C)OB(O)c1ccc(C=O)c(O)c1. The summed E-state index contributed by atoms with van der Waals surface area (Å²) >= 11 is 0.